The highest BCUT2D eigenvalue weighted by atomic mass is 35.5. The highest BCUT2D eigenvalue weighted by molar-refractivity contribution is 8.03. The summed E-state index contributed by atoms with van der Waals surface area (Å²) in [5, 5.41) is 19.5. The zero-order valence-electron chi connectivity index (χ0n) is 19.9. The zero-order valence-corrected chi connectivity index (χ0v) is 21.5. The molecule has 0 spiro atoms. The Balaban J connectivity index is 1.59. The number of nitriles is 1. The first kappa shape index (κ1) is 26.1. The second-order valence-corrected chi connectivity index (χ2v) is 9.54. The lowest BCUT2D eigenvalue weighted by Crippen LogP contribution is -2.31. The third kappa shape index (κ3) is 5.71. The maximum atomic E-state index is 14.2. The Kier molecular flexibility index (Phi) is 8.01. The van der Waals surface area contributed by atoms with E-state index in [2.05, 4.69) is 22.0 Å². The van der Waals surface area contributed by atoms with Crippen LogP contribution in [0.15, 0.2) is 87.1 Å². The molecule has 7 nitrogen and oxygen atoms in total. The van der Waals surface area contributed by atoms with E-state index in [4.69, 9.17) is 16.0 Å². The predicted molar refractivity (Wildman–Crippen MR) is 142 cm³/mol. The Morgan fingerprint density at radius 1 is 1.11 bits per heavy atom. The first-order valence-electron chi connectivity index (χ1n) is 11.2. The number of anilines is 2. The van der Waals surface area contributed by atoms with Crippen LogP contribution in [0.5, 0.6) is 0 Å². The number of hydrogen-bond donors (Lipinski definition) is 3. The topological polar surface area (TPSA) is 107 Å². The van der Waals surface area contributed by atoms with Crippen LogP contribution in [0.2, 0.25) is 5.02 Å². The van der Waals surface area contributed by atoms with Crippen molar-refractivity contribution in [1.29, 1.82) is 5.26 Å². The fraction of sp³-hybridized carbons (Fsp3) is 0.148. The van der Waals surface area contributed by atoms with Gasteiger partial charge in [0.1, 0.15) is 11.6 Å². The smallest absolute Gasteiger partial charge is 0.254 e. The fourth-order valence-corrected chi connectivity index (χ4v) is 4.95. The SMILES string of the molecule is CC1=C(C(=O)Nc2ccccc2F)C(c2ccco2)C(C#N)=C(SCC(=O)Nc2cccc(Cl)c2C)N1. The molecule has 0 saturated carbocycles. The number of para-hydroxylation sites is 1. The number of furan rings is 1. The van der Waals surface area contributed by atoms with Crippen molar-refractivity contribution in [2.24, 2.45) is 0 Å². The second kappa shape index (κ2) is 11.4. The largest absolute Gasteiger partial charge is 0.468 e. The number of rotatable bonds is 7. The lowest BCUT2D eigenvalue weighted by atomic mass is 9.85. The zero-order chi connectivity index (χ0) is 26.5. The van der Waals surface area contributed by atoms with Crippen molar-refractivity contribution < 1.29 is 18.4 Å². The molecule has 0 radical (unpaired) electrons. The van der Waals surface area contributed by atoms with Crippen molar-refractivity contribution in [3.8, 4) is 6.07 Å². The molecule has 1 atom stereocenters. The molecule has 2 amide bonds. The van der Waals surface area contributed by atoms with Gasteiger partial charge in [-0.25, -0.2) is 4.39 Å². The molecule has 188 valence electrons. The lowest BCUT2D eigenvalue weighted by Gasteiger charge is -2.28. The Hall–Kier alpha value is -4.00. The van der Waals surface area contributed by atoms with Gasteiger partial charge < -0.3 is 20.4 Å². The normalized spacial score (nSPS) is 15.2. The van der Waals surface area contributed by atoms with E-state index in [1.54, 1.807) is 50.2 Å². The van der Waals surface area contributed by atoms with Crippen LogP contribution in [-0.4, -0.2) is 17.6 Å². The fourth-order valence-electron chi connectivity index (χ4n) is 3.89. The summed E-state index contributed by atoms with van der Waals surface area (Å²) >= 11 is 7.26. The molecule has 0 bridgehead atoms. The molecule has 3 aromatic rings. The number of nitrogens with one attached hydrogen (secondary N) is 3. The maximum absolute atomic E-state index is 14.2. The summed E-state index contributed by atoms with van der Waals surface area (Å²) in [7, 11) is 0. The third-order valence-electron chi connectivity index (χ3n) is 5.73. The quantitative estimate of drug-likeness (QED) is 0.337. The number of hydrogen-bond acceptors (Lipinski definition) is 6. The number of allylic oxidation sites excluding steroid dienone is 2. The molecule has 2 heterocycles. The van der Waals surface area contributed by atoms with Gasteiger partial charge in [0.05, 0.1) is 45.9 Å². The molecule has 3 N–H and O–H groups in total. The number of thioether (sulfide) groups is 1. The van der Waals surface area contributed by atoms with E-state index in [-0.39, 0.29) is 28.5 Å². The molecular weight excluding hydrogens is 515 g/mol. The second-order valence-electron chi connectivity index (χ2n) is 8.15. The van der Waals surface area contributed by atoms with Crippen LogP contribution in [0.4, 0.5) is 15.8 Å². The lowest BCUT2D eigenvalue weighted by molar-refractivity contribution is -0.114. The minimum Gasteiger partial charge on any atom is -0.468 e. The number of carbonyl (C=O) groups is 2. The van der Waals surface area contributed by atoms with Gasteiger partial charge in [-0.1, -0.05) is 41.6 Å². The van der Waals surface area contributed by atoms with Crippen LogP contribution >= 0.6 is 23.4 Å². The molecule has 0 saturated heterocycles. The Morgan fingerprint density at radius 2 is 1.86 bits per heavy atom. The van der Waals surface area contributed by atoms with Crippen LogP contribution in [0, 0.1) is 24.1 Å². The first-order chi connectivity index (χ1) is 17.8. The van der Waals surface area contributed by atoms with Gasteiger partial charge in [0, 0.05) is 16.4 Å². The van der Waals surface area contributed by atoms with Gasteiger partial charge in [0.2, 0.25) is 5.91 Å². The van der Waals surface area contributed by atoms with E-state index < -0.39 is 17.6 Å². The first-order valence-corrected chi connectivity index (χ1v) is 12.6. The summed E-state index contributed by atoms with van der Waals surface area (Å²) in [6, 6.07) is 16.5. The van der Waals surface area contributed by atoms with Gasteiger partial charge in [-0.3, -0.25) is 9.59 Å². The number of carbonyl (C=O) groups excluding carboxylic acids is 2. The molecule has 1 unspecified atom stereocenters. The van der Waals surface area contributed by atoms with E-state index in [9.17, 15) is 19.2 Å². The summed E-state index contributed by atoms with van der Waals surface area (Å²) in [5.41, 5.74) is 2.22. The van der Waals surface area contributed by atoms with Crippen LogP contribution in [0.3, 0.4) is 0 Å². The number of benzene rings is 2. The summed E-state index contributed by atoms with van der Waals surface area (Å²) < 4.78 is 19.8. The Labute approximate surface area is 222 Å². The van der Waals surface area contributed by atoms with E-state index in [0.717, 1.165) is 17.3 Å². The van der Waals surface area contributed by atoms with Crippen molar-refractivity contribution in [2.45, 2.75) is 19.8 Å². The van der Waals surface area contributed by atoms with Crippen molar-refractivity contribution in [3.63, 3.8) is 0 Å². The molecule has 4 rings (SSSR count). The molecule has 1 aliphatic rings. The summed E-state index contributed by atoms with van der Waals surface area (Å²) in [6.45, 7) is 3.48. The van der Waals surface area contributed by atoms with Gasteiger partial charge in [-0.2, -0.15) is 5.26 Å². The molecule has 1 aromatic heterocycles. The Bertz CT molecular complexity index is 1460. The maximum Gasteiger partial charge on any atom is 0.254 e. The summed E-state index contributed by atoms with van der Waals surface area (Å²) in [4.78, 5) is 26.0. The minimum atomic E-state index is -0.853. The third-order valence-corrected chi connectivity index (χ3v) is 7.16. The predicted octanol–water partition coefficient (Wildman–Crippen LogP) is 6.09. The minimum absolute atomic E-state index is 0.00558. The highest BCUT2D eigenvalue weighted by Gasteiger charge is 2.36. The van der Waals surface area contributed by atoms with E-state index >= 15 is 0 Å². The van der Waals surface area contributed by atoms with Gasteiger partial charge in [0.25, 0.3) is 5.91 Å². The van der Waals surface area contributed by atoms with Crippen molar-refractivity contribution >= 4 is 46.6 Å². The number of amides is 2. The molecule has 2 aromatic carbocycles. The van der Waals surface area contributed by atoms with Gasteiger partial charge in [-0.15, -0.1) is 0 Å². The van der Waals surface area contributed by atoms with Crippen molar-refractivity contribution in [2.75, 3.05) is 16.4 Å². The molecule has 0 fully saturated rings. The van der Waals surface area contributed by atoms with Gasteiger partial charge >= 0.3 is 0 Å². The summed E-state index contributed by atoms with van der Waals surface area (Å²) in [5.74, 6) is -1.94. The van der Waals surface area contributed by atoms with Crippen LogP contribution in [-0.2, 0) is 9.59 Å². The average Bonchev–Trinajstić information content (AvgIpc) is 3.41. The molecule has 1 aliphatic heterocycles. The Morgan fingerprint density at radius 3 is 2.57 bits per heavy atom. The number of halogens is 2. The van der Waals surface area contributed by atoms with Gasteiger partial charge in [0.15, 0.2) is 0 Å². The molecular formula is C27H22ClFN4O3S. The van der Waals surface area contributed by atoms with Crippen molar-refractivity contribution in [3.05, 3.63) is 105 Å². The van der Waals surface area contributed by atoms with Gasteiger partial charge in [-0.05, 0) is 55.8 Å². The highest BCUT2D eigenvalue weighted by Crippen LogP contribution is 2.41. The number of nitrogens with zero attached hydrogens (tertiary/aromatic N) is 1. The van der Waals surface area contributed by atoms with E-state index in [1.165, 1.54) is 24.5 Å². The molecule has 0 aliphatic carbocycles. The monoisotopic (exact) mass is 536 g/mol. The van der Waals surface area contributed by atoms with Crippen molar-refractivity contribution in [1.82, 2.24) is 5.32 Å². The molecule has 10 heteroatoms. The van der Waals surface area contributed by atoms with Crippen LogP contribution in [0.25, 0.3) is 0 Å². The summed E-state index contributed by atoms with van der Waals surface area (Å²) in [6.07, 6.45) is 1.45. The van der Waals surface area contributed by atoms with Crippen LogP contribution in [0.1, 0.15) is 24.2 Å². The van der Waals surface area contributed by atoms with E-state index in [1.807, 2.05) is 0 Å². The average molecular weight is 537 g/mol. The van der Waals surface area contributed by atoms with E-state index in [0.29, 0.717) is 27.2 Å². The molecule has 37 heavy (non-hydrogen) atoms. The standard InChI is InChI=1S/C27H22ClFN4O3S/c1-15-18(28)7-5-10-20(15)32-23(34)14-37-27-17(13-30)25(22-11-6-12-36-22)24(16(2)31-27)26(35)33-21-9-4-3-8-19(21)29/h3-12,25,31H,14H2,1-2H3,(H,32,34)(H,33,35). The van der Waals surface area contributed by atoms with Crippen LogP contribution < -0.4 is 16.0 Å². The number of dihydropyridines is 1.